The summed E-state index contributed by atoms with van der Waals surface area (Å²) >= 11 is 0. The summed E-state index contributed by atoms with van der Waals surface area (Å²) in [6.45, 7) is 9.31. The first kappa shape index (κ1) is 13.8. The van der Waals surface area contributed by atoms with E-state index in [4.69, 9.17) is 4.74 Å². The van der Waals surface area contributed by atoms with Gasteiger partial charge in [-0.25, -0.2) is 4.79 Å². The van der Waals surface area contributed by atoms with Gasteiger partial charge >= 0.3 is 6.09 Å². The molecular weight excluding hydrogens is 156 g/mol. The van der Waals surface area contributed by atoms with Gasteiger partial charge in [0, 0.05) is 6.04 Å². The Morgan fingerprint density at radius 3 is 2.00 bits per heavy atom. The van der Waals surface area contributed by atoms with Crippen molar-refractivity contribution in [3.63, 3.8) is 0 Å². The van der Waals surface area contributed by atoms with Gasteiger partial charge in [0.2, 0.25) is 0 Å². The van der Waals surface area contributed by atoms with Crippen LogP contribution in [0.5, 0.6) is 0 Å². The zero-order valence-electron chi connectivity index (χ0n) is 8.60. The molecule has 0 aliphatic heterocycles. The van der Waals surface area contributed by atoms with Crippen LogP contribution in [0, 0.1) is 0 Å². The first-order chi connectivity index (χ1) is 4.81. The van der Waals surface area contributed by atoms with Crippen LogP contribution in [-0.2, 0) is 4.74 Å². The van der Waals surface area contributed by atoms with Gasteiger partial charge in [-0.2, -0.15) is 0 Å². The summed E-state index contributed by atoms with van der Waals surface area (Å²) in [7, 11) is 0. The van der Waals surface area contributed by atoms with E-state index in [0.29, 0.717) is 0 Å². The lowest BCUT2D eigenvalue weighted by Gasteiger charge is -2.20. The van der Waals surface area contributed by atoms with E-state index in [1.165, 1.54) is 0 Å². The van der Waals surface area contributed by atoms with Crippen LogP contribution in [0.4, 0.5) is 4.79 Å². The number of hydrogen-bond acceptors (Lipinski definition) is 3. The van der Waals surface area contributed by atoms with Gasteiger partial charge in [-0.15, -0.1) is 0 Å². The number of rotatable bonds is 1. The minimum absolute atomic E-state index is 0. The standard InChI is InChI=1S/C8H17NO2.H3N/c1-6(2)9-7(10)11-8(3,4)5;/h6H,1-5H3,(H,9,10);1H3. The Bertz CT molecular complexity index is 138. The highest BCUT2D eigenvalue weighted by molar-refractivity contribution is 5.67. The molecule has 0 heterocycles. The van der Waals surface area contributed by atoms with Crippen molar-refractivity contribution < 1.29 is 9.53 Å². The topological polar surface area (TPSA) is 73.3 Å². The number of ether oxygens (including phenoxy) is 1. The average Bonchev–Trinajstić information content (AvgIpc) is 1.53. The number of carbonyl (C=O) groups is 1. The molecule has 0 spiro atoms. The van der Waals surface area contributed by atoms with Crippen LogP contribution >= 0.6 is 0 Å². The minimum atomic E-state index is -0.404. The van der Waals surface area contributed by atoms with E-state index < -0.39 is 5.60 Å². The lowest BCUT2D eigenvalue weighted by atomic mass is 10.2. The van der Waals surface area contributed by atoms with Gasteiger partial charge in [0.25, 0.3) is 0 Å². The van der Waals surface area contributed by atoms with Crippen LogP contribution in [0.15, 0.2) is 0 Å². The Kier molecular flexibility index (Phi) is 5.72. The Morgan fingerprint density at radius 1 is 1.33 bits per heavy atom. The van der Waals surface area contributed by atoms with E-state index in [0.717, 1.165) is 0 Å². The third-order valence-corrected chi connectivity index (χ3v) is 0.805. The maximum atomic E-state index is 10.9. The maximum absolute atomic E-state index is 10.9. The van der Waals surface area contributed by atoms with Gasteiger partial charge in [-0.05, 0) is 34.6 Å². The van der Waals surface area contributed by atoms with Crippen molar-refractivity contribution >= 4 is 6.09 Å². The van der Waals surface area contributed by atoms with Gasteiger partial charge in [-0.1, -0.05) is 0 Å². The fourth-order valence-corrected chi connectivity index (χ4v) is 0.543. The Morgan fingerprint density at radius 2 is 1.75 bits per heavy atom. The monoisotopic (exact) mass is 176 g/mol. The Labute approximate surface area is 74.3 Å². The molecule has 0 fully saturated rings. The molecule has 0 aliphatic rings. The summed E-state index contributed by atoms with van der Waals surface area (Å²) in [5, 5.41) is 2.64. The summed E-state index contributed by atoms with van der Waals surface area (Å²) in [6, 6.07) is 0.129. The molecule has 0 unspecified atom stereocenters. The van der Waals surface area contributed by atoms with Crippen molar-refractivity contribution in [1.82, 2.24) is 11.5 Å². The molecule has 0 atom stereocenters. The molecule has 0 rings (SSSR count). The number of carbonyl (C=O) groups excluding carboxylic acids is 1. The van der Waals surface area contributed by atoms with E-state index in [-0.39, 0.29) is 18.3 Å². The molecule has 0 radical (unpaired) electrons. The summed E-state index contributed by atoms with van der Waals surface area (Å²) in [6.07, 6.45) is -0.354. The molecule has 0 saturated carbocycles. The van der Waals surface area contributed by atoms with Crippen LogP contribution in [0.2, 0.25) is 0 Å². The lowest BCUT2D eigenvalue weighted by Crippen LogP contribution is -2.36. The lowest BCUT2D eigenvalue weighted by molar-refractivity contribution is 0.0512. The van der Waals surface area contributed by atoms with Crippen molar-refractivity contribution in [1.29, 1.82) is 0 Å². The van der Waals surface area contributed by atoms with E-state index in [1.807, 2.05) is 34.6 Å². The van der Waals surface area contributed by atoms with E-state index in [2.05, 4.69) is 5.32 Å². The van der Waals surface area contributed by atoms with Crippen LogP contribution in [-0.4, -0.2) is 17.7 Å². The molecule has 12 heavy (non-hydrogen) atoms. The predicted octanol–water partition coefficient (Wildman–Crippen LogP) is 2.08. The smallest absolute Gasteiger partial charge is 0.407 e. The number of alkyl carbamates (subject to hydrolysis) is 1. The first-order valence-electron chi connectivity index (χ1n) is 3.81. The molecule has 0 aromatic heterocycles. The highest BCUT2D eigenvalue weighted by atomic mass is 16.6. The van der Waals surface area contributed by atoms with Crippen molar-refractivity contribution in [2.24, 2.45) is 0 Å². The predicted molar refractivity (Wildman–Crippen MR) is 49.5 cm³/mol. The second-order valence-corrected chi connectivity index (χ2v) is 3.80. The molecule has 1 amide bonds. The highest BCUT2D eigenvalue weighted by Gasteiger charge is 2.15. The van der Waals surface area contributed by atoms with Gasteiger partial charge in [0.05, 0.1) is 0 Å². The molecule has 4 N–H and O–H groups in total. The van der Waals surface area contributed by atoms with Crippen molar-refractivity contribution in [2.45, 2.75) is 46.3 Å². The summed E-state index contributed by atoms with van der Waals surface area (Å²) in [5.41, 5.74) is -0.404. The number of nitrogens with one attached hydrogen (secondary N) is 1. The number of amides is 1. The van der Waals surface area contributed by atoms with Crippen molar-refractivity contribution in [3.8, 4) is 0 Å². The van der Waals surface area contributed by atoms with Crippen LogP contribution < -0.4 is 11.5 Å². The van der Waals surface area contributed by atoms with Crippen LogP contribution in [0.25, 0.3) is 0 Å². The van der Waals surface area contributed by atoms with Gasteiger partial charge in [0.15, 0.2) is 0 Å². The summed E-state index contributed by atoms with van der Waals surface area (Å²) in [4.78, 5) is 10.9. The zero-order chi connectivity index (χ0) is 9.07. The van der Waals surface area contributed by atoms with E-state index in [1.54, 1.807) is 0 Å². The molecule has 0 bridgehead atoms. The van der Waals surface area contributed by atoms with Gasteiger partial charge in [0.1, 0.15) is 5.60 Å². The molecular formula is C8H20N2O2. The average molecular weight is 176 g/mol. The molecule has 0 aromatic carbocycles. The fraction of sp³-hybridized carbons (Fsp3) is 0.875. The number of hydrogen-bond donors (Lipinski definition) is 2. The van der Waals surface area contributed by atoms with Crippen molar-refractivity contribution in [3.05, 3.63) is 0 Å². The summed E-state index contributed by atoms with van der Waals surface area (Å²) in [5.74, 6) is 0. The Hall–Kier alpha value is -0.770. The van der Waals surface area contributed by atoms with Gasteiger partial charge in [-0.3, -0.25) is 0 Å². The zero-order valence-corrected chi connectivity index (χ0v) is 8.60. The molecule has 0 saturated heterocycles. The third kappa shape index (κ3) is 9.23. The van der Waals surface area contributed by atoms with E-state index >= 15 is 0 Å². The van der Waals surface area contributed by atoms with Crippen LogP contribution in [0.3, 0.4) is 0 Å². The minimum Gasteiger partial charge on any atom is -0.444 e. The fourth-order valence-electron chi connectivity index (χ4n) is 0.543. The quantitative estimate of drug-likeness (QED) is 0.642. The first-order valence-corrected chi connectivity index (χ1v) is 3.81. The van der Waals surface area contributed by atoms with Gasteiger partial charge < -0.3 is 16.2 Å². The summed E-state index contributed by atoms with van der Waals surface area (Å²) < 4.78 is 5.00. The van der Waals surface area contributed by atoms with Crippen LogP contribution in [0.1, 0.15) is 34.6 Å². The maximum Gasteiger partial charge on any atom is 0.407 e. The molecule has 4 heteroatoms. The normalized spacial score (nSPS) is 10.5. The van der Waals surface area contributed by atoms with Crippen molar-refractivity contribution in [2.75, 3.05) is 0 Å². The highest BCUT2D eigenvalue weighted by Crippen LogP contribution is 2.06. The molecule has 0 aromatic rings. The SMILES string of the molecule is CC(C)NC(=O)OC(C)(C)C.N. The molecule has 74 valence electrons. The largest absolute Gasteiger partial charge is 0.444 e. The second kappa shape index (κ2) is 4.98. The van der Waals surface area contributed by atoms with E-state index in [9.17, 15) is 4.79 Å². The molecule has 0 aliphatic carbocycles. The third-order valence-electron chi connectivity index (χ3n) is 0.805. The molecule has 4 nitrogen and oxygen atoms in total. The Balaban J connectivity index is 0. The second-order valence-electron chi connectivity index (χ2n) is 3.80.